The number of benzene rings is 1. The van der Waals surface area contributed by atoms with Crippen molar-refractivity contribution in [1.82, 2.24) is 15.0 Å². The number of carbonyl (C=O) groups excluding carboxylic acids is 1. The first-order chi connectivity index (χ1) is 18.3. The van der Waals surface area contributed by atoms with Gasteiger partial charge in [-0.25, -0.2) is 14.8 Å². The van der Waals surface area contributed by atoms with Crippen LogP contribution in [-0.2, 0) is 13.0 Å². The standard InChI is InChI=1S/C25H46N6O5Si3/c1-7-8-17-34-23(32)21-11-13-22(14-12-21)30-25-29-20-28-24(31-25)27-16-10-19-39(6,35-37(2,3)4)36-38(5,33)18-9-15-26/h11-14,20,33H,7-10,15-19,26H2,1-6H3,(H2,27,28,29,30,31). The Balaban J connectivity index is 1.92. The Morgan fingerprint density at radius 2 is 1.67 bits per heavy atom. The number of hydrogen-bond donors (Lipinski definition) is 4. The second-order valence-electron chi connectivity index (χ2n) is 10.9. The van der Waals surface area contributed by atoms with Crippen LogP contribution in [0.3, 0.4) is 0 Å². The first-order valence-electron chi connectivity index (χ1n) is 13.6. The van der Waals surface area contributed by atoms with Gasteiger partial charge in [0.25, 0.3) is 0 Å². The maximum Gasteiger partial charge on any atom is 0.338 e. The number of hydrogen-bond acceptors (Lipinski definition) is 11. The number of ether oxygens (including phenoxy) is 1. The van der Waals surface area contributed by atoms with Crippen LogP contribution >= 0.6 is 0 Å². The van der Waals surface area contributed by atoms with Crippen LogP contribution in [0.5, 0.6) is 0 Å². The topological polar surface area (TPSA) is 154 Å². The molecule has 2 atom stereocenters. The summed E-state index contributed by atoms with van der Waals surface area (Å²) in [5.41, 5.74) is 6.88. The highest BCUT2D eigenvalue weighted by atomic mass is 28.5. The highest BCUT2D eigenvalue weighted by molar-refractivity contribution is 6.86. The second-order valence-corrected chi connectivity index (χ2v) is 22.3. The predicted molar refractivity (Wildman–Crippen MR) is 162 cm³/mol. The SMILES string of the molecule is CCCCOC(=O)c1ccc(Nc2ncnc(NCCC[Si](C)(O[Si](C)(C)C)O[Si](C)(O)CCCN)n2)cc1. The van der Waals surface area contributed by atoms with Gasteiger partial charge in [-0.15, -0.1) is 0 Å². The van der Waals surface area contributed by atoms with E-state index in [1.165, 1.54) is 6.33 Å². The summed E-state index contributed by atoms with van der Waals surface area (Å²) in [5, 5.41) is 6.37. The number of rotatable bonds is 18. The van der Waals surface area contributed by atoms with Gasteiger partial charge in [0.15, 0.2) is 8.32 Å². The molecule has 2 aromatic rings. The normalized spacial score (nSPS) is 14.8. The monoisotopic (exact) mass is 594 g/mol. The van der Waals surface area contributed by atoms with E-state index in [1.807, 2.05) is 13.5 Å². The zero-order valence-corrected chi connectivity index (χ0v) is 27.2. The first-order valence-corrected chi connectivity index (χ1v) is 22.1. The Morgan fingerprint density at radius 3 is 2.31 bits per heavy atom. The number of unbranched alkanes of at least 4 members (excludes halogenated alkanes) is 1. The average Bonchev–Trinajstić information content (AvgIpc) is 2.85. The number of anilines is 3. The molecule has 11 nitrogen and oxygen atoms in total. The molecular formula is C25H46N6O5Si3. The van der Waals surface area contributed by atoms with Crippen molar-refractivity contribution in [1.29, 1.82) is 0 Å². The fourth-order valence-electron chi connectivity index (χ4n) is 3.98. The molecule has 0 radical (unpaired) electrons. The fraction of sp³-hybridized carbons (Fsp3) is 0.600. The molecule has 0 amide bonds. The van der Waals surface area contributed by atoms with E-state index >= 15 is 0 Å². The summed E-state index contributed by atoms with van der Waals surface area (Å²) in [6.07, 6.45) is 4.78. The minimum atomic E-state index is -2.85. The number of carbonyl (C=O) groups is 1. The Morgan fingerprint density at radius 1 is 0.974 bits per heavy atom. The van der Waals surface area contributed by atoms with Crippen LogP contribution in [0, 0.1) is 0 Å². The van der Waals surface area contributed by atoms with E-state index in [4.69, 9.17) is 18.7 Å². The van der Waals surface area contributed by atoms with Gasteiger partial charge in [-0.2, -0.15) is 4.98 Å². The number of nitrogens with zero attached hydrogens (tertiary/aromatic N) is 3. The third kappa shape index (κ3) is 13.1. The molecule has 5 N–H and O–H groups in total. The van der Waals surface area contributed by atoms with Gasteiger partial charge in [-0.3, -0.25) is 0 Å². The third-order valence-corrected chi connectivity index (χ3v) is 15.8. The number of esters is 1. The van der Waals surface area contributed by atoms with Crippen molar-refractivity contribution < 1.29 is 22.6 Å². The fourth-order valence-corrected chi connectivity index (χ4v) is 16.3. The zero-order valence-electron chi connectivity index (χ0n) is 24.2. The Labute approximate surface area is 235 Å². The lowest BCUT2D eigenvalue weighted by molar-refractivity contribution is 0.0499. The van der Waals surface area contributed by atoms with Gasteiger partial charge in [0.1, 0.15) is 6.33 Å². The highest BCUT2D eigenvalue weighted by Crippen LogP contribution is 2.26. The summed E-state index contributed by atoms with van der Waals surface area (Å²) in [4.78, 5) is 35.8. The number of nitrogens with two attached hydrogens (primary N) is 1. The molecule has 0 bridgehead atoms. The van der Waals surface area contributed by atoms with Crippen LogP contribution in [0.2, 0.25) is 44.8 Å². The lowest BCUT2D eigenvalue weighted by Gasteiger charge is -2.38. The molecule has 39 heavy (non-hydrogen) atoms. The highest BCUT2D eigenvalue weighted by Gasteiger charge is 2.43. The van der Waals surface area contributed by atoms with E-state index in [0.29, 0.717) is 43.2 Å². The molecule has 1 heterocycles. The van der Waals surface area contributed by atoms with Gasteiger partial charge in [-0.05, 0) is 94.9 Å². The minimum absolute atomic E-state index is 0.331. The largest absolute Gasteiger partial charge is 0.462 e. The molecule has 2 rings (SSSR count). The summed E-state index contributed by atoms with van der Waals surface area (Å²) < 4.78 is 18.1. The zero-order chi connectivity index (χ0) is 28.9. The molecule has 0 saturated heterocycles. The van der Waals surface area contributed by atoms with Gasteiger partial charge in [0, 0.05) is 12.2 Å². The van der Waals surface area contributed by atoms with Crippen molar-refractivity contribution in [2.75, 3.05) is 30.3 Å². The quantitative estimate of drug-likeness (QED) is 0.108. The van der Waals surface area contributed by atoms with Gasteiger partial charge in [0.2, 0.25) is 11.9 Å². The van der Waals surface area contributed by atoms with Crippen molar-refractivity contribution in [2.24, 2.45) is 5.73 Å². The summed E-state index contributed by atoms with van der Waals surface area (Å²) >= 11 is 0. The molecule has 0 saturated carbocycles. The van der Waals surface area contributed by atoms with E-state index in [-0.39, 0.29) is 5.97 Å². The average molecular weight is 595 g/mol. The third-order valence-electron chi connectivity index (χ3n) is 5.57. The Hall–Kier alpha value is -2.21. The summed E-state index contributed by atoms with van der Waals surface area (Å²) in [7, 11) is -7.33. The van der Waals surface area contributed by atoms with Crippen LogP contribution in [0.25, 0.3) is 0 Å². The second kappa shape index (κ2) is 15.5. The van der Waals surface area contributed by atoms with Gasteiger partial charge in [-0.1, -0.05) is 13.3 Å². The van der Waals surface area contributed by atoms with Crippen LogP contribution in [0.15, 0.2) is 30.6 Å². The lowest BCUT2D eigenvalue weighted by atomic mass is 10.2. The minimum Gasteiger partial charge on any atom is -0.462 e. The maximum absolute atomic E-state index is 12.1. The Kier molecular flexibility index (Phi) is 13.2. The molecule has 0 aliphatic rings. The van der Waals surface area contributed by atoms with Crippen molar-refractivity contribution in [3.05, 3.63) is 36.2 Å². The first kappa shape index (κ1) is 33.0. The van der Waals surface area contributed by atoms with E-state index in [0.717, 1.165) is 37.4 Å². The van der Waals surface area contributed by atoms with E-state index in [2.05, 4.69) is 51.8 Å². The Bertz CT molecular complexity index is 1030. The number of aromatic nitrogens is 3. The summed E-state index contributed by atoms with van der Waals surface area (Å²) in [5.74, 6) is 0.503. The van der Waals surface area contributed by atoms with Gasteiger partial charge < -0.3 is 34.1 Å². The van der Waals surface area contributed by atoms with Crippen molar-refractivity contribution in [2.45, 2.75) is 77.4 Å². The molecule has 218 valence electrons. The predicted octanol–water partition coefficient (Wildman–Crippen LogP) is 4.73. The van der Waals surface area contributed by atoms with Gasteiger partial charge in [0.05, 0.1) is 12.2 Å². The van der Waals surface area contributed by atoms with Crippen LogP contribution in [-0.4, -0.2) is 70.9 Å². The molecule has 14 heteroatoms. The number of nitrogens with one attached hydrogen (secondary N) is 2. The van der Waals surface area contributed by atoms with Crippen molar-refractivity contribution in [3.8, 4) is 0 Å². The van der Waals surface area contributed by atoms with Crippen LogP contribution in [0.4, 0.5) is 17.6 Å². The van der Waals surface area contributed by atoms with Crippen LogP contribution < -0.4 is 16.4 Å². The van der Waals surface area contributed by atoms with Crippen molar-refractivity contribution >= 4 is 49.0 Å². The smallest absolute Gasteiger partial charge is 0.338 e. The molecule has 0 aliphatic carbocycles. The molecule has 0 spiro atoms. The summed E-state index contributed by atoms with van der Waals surface area (Å²) in [6.45, 7) is 13.9. The van der Waals surface area contributed by atoms with E-state index in [9.17, 15) is 9.59 Å². The molecule has 0 aliphatic heterocycles. The van der Waals surface area contributed by atoms with E-state index < -0.39 is 25.4 Å². The van der Waals surface area contributed by atoms with Crippen molar-refractivity contribution in [3.63, 3.8) is 0 Å². The van der Waals surface area contributed by atoms with Crippen LogP contribution in [0.1, 0.15) is 43.0 Å². The summed E-state index contributed by atoms with van der Waals surface area (Å²) in [6, 6.07) is 8.31. The van der Waals surface area contributed by atoms with E-state index in [1.54, 1.807) is 24.3 Å². The maximum atomic E-state index is 12.1. The van der Waals surface area contributed by atoms with Gasteiger partial charge >= 0.3 is 23.1 Å². The molecule has 1 aromatic carbocycles. The molecular weight excluding hydrogens is 549 g/mol. The lowest BCUT2D eigenvalue weighted by Crippen LogP contribution is -2.54. The molecule has 2 unspecified atom stereocenters. The molecule has 1 aromatic heterocycles. The molecule has 0 fully saturated rings.